The Bertz CT molecular complexity index is 631. The van der Waals surface area contributed by atoms with E-state index in [0.717, 1.165) is 47.9 Å². The van der Waals surface area contributed by atoms with E-state index in [2.05, 4.69) is 24.5 Å². The Balaban J connectivity index is 2.42. The van der Waals surface area contributed by atoms with Gasteiger partial charge >= 0.3 is 0 Å². The molecule has 0 saturated carbocycles. The van der Waals surface area contributed by atoms with Crippen LogP contribution in [0.25, 0.3) is 0 Å². The Morgan fingerprint density at radius 1 is 0.455 bits per heavy atom. The summed E-state index contributed by atoms with van der Waals surface area (Å²) < 4.78 is 0. The third kappa shape index (κ3) is 11.1. The van der Waals surface area contributed by atoms with Crippen LogP contribution in [0.15, 0.2) is 0 Å². The van der Waals surface area contributed by atoms with E-state index in [1.54, 1.807) is 0 Å². The van der Waals surface area contributed by atoms with Crippen LogP contribution in [0.1, 0.15) is 132 Å². The highest BCUT2D eigenvalue weighted by atomic mass is 16.3. The molecule has 0 saturated heterocycles. The first-order valence-corrected chi connectivity index (χ1v) is 14.0. The summed E-state index contributed by atoms with van der Waals surface area (Å²) in [5.41, 5.74) is 3.59. The van der Waals surface area contributed by atoms with E-state index in [1.807, 2.05) is 14.1 Å². The van der Waals surface area contributed by atoms with Gasteiger partial charge in [-0.15, -0.1) is 0 Å². The number of aromatic hydroxyl groups is 2. The molecule has 4 nitrogen and oxygen atoms in total. The van der Waals surface area contributed by atoms with E-state index in [4.69, 9.17) is 0 Å². The van der Waals surface area contributed by atoms with Gasteiger partial charge in [0.2, 0.25) is 0 Å². The van der Waals surface area contributed by atoms with Gasteiger partial charge in [-0.3, -0.25) is 0 Å². The maximum atomic E-state index is 11.1. The second kappa shape index (κ2) is 19.1. The minimum atomic E-state index is 0.384. The smallest absolute Gasteiger partial charge is 0.124 e. The first kappa shape index (κ1) is 29.8. The zero-order valence-electron chi connectivity index (χ0n) is 22.3. The van der Waals surface area contributed by atoms with Crippen molar-refractivity contribution in [3.8, 4) is 11.5 Å². The van der Waals surface area contributed by atoms with Gasteiger partial charge in [0.25, 0.3) is 0 Å². The number of rotatable bonds is 21. The van der Waals surface area contributed by atoms with Gasteiger partial charge in [0.1, 0.15) is 11.5 Å². The molecule has 0 aliphatic rings. The number of unbranched alkanes of at least 4 members (excludes halogenated alkanes) is 13. The molecule has 1 aromatic carbocycles. The molecule has 0 aliphatic carbocycles. The number of phenolic OH excluding ortho intramolecular Hbond substituents is 2. The van der Waals surface area contributed by atoms with E-state index in [9.17, 15) is 10.2 Å². The van der Waals surface area contributed by atoms with Gasteiger partial charge < -0.3 is 20.8 Å². The van der Waals surface area contributed by atoms with Gasteiger partial charge in [0.05, 0.1) is 0 Å². The molecule has 0 fully saturated rings. The summed E-state index contributed by atoms with van der Waals surface area (Å²) >= 11 is 0. The molecule has 0 spiro atoms. The van der Waals surface area contributed by atoms with Crippen molar-refractivity contribution >= 4 is 0 Å². The summed E-state index contributed by atoms with van der Waals surface area (Å²) in [5, 5.41) is 28.4. The minimum Gasteiger partial charge on any atom is -0.507 e. The van der Waals surface area contributed by atoms with Crippen molar-refractivity contribution in [3.05, 3.63) is 22.3 Å². The van der Waals surface area contributed by atoms with Crippen LogP contribution in [-0.4, -0.2) is 24.3 Å². The van der Waals surface area contributed by atoms with E-state index in [1.165, 1.54) is 83.5 Å². The Hall–Kier alpha value is -1.26. The van der Waals surface area contributed by atoms with Crippen LogP contribution < -0.4 is 10.6 Å². The van der Waals surface area contributed by atoms with Crippen molar-refractivity contribution in [2.75, 3.05) is 14.1 Å². The van der Waals surface area contributed by atoms with Crippen LogP contribution in [-0.2, 0) is 25.9 Å². The minimum absolute atomic E-state index is 0.384. The zero-order chi connectivity index (χ0) is 24.3. The molecule has 0 atom stereocenters. The number of hydrogen-bond donors (Lipinski definition) is 4. The van der Waals surface area contributed by atoms with Crippen molar-refractivity contribution in [2.45, 2.75) is 136 Å². The third-order valence-corrected chi connectivity index (χ3v) is 6.86. The Morgan fingerprint density at radius 3 is 1.18 bits per heavy atom. The molecule has 0 aliphatic heterocycles. The average Bonchev–Trinajstić information content (AvgIpc) is 2.81. The van der Waals surface area contributed by atoms with Crippen LogP contribution >= 0.6 is 0 Å². The Labute approximate surface area is 205 Å². The summed E-state index contributed by atoms with van der Waals surface area (Å²) in [7, 11) is 3.79. The van der Waals surface area contributed by atoms with Gasteiger partial charge in [0, 0.05) is 35.3 Å². The lowest BCUT2D eigenvalue weighted by molar-refractivity contribution is 0.430. The monoisotopic (exact) mass is 462 g/mol. The number of hydrogen-bond acceptors (Lipinski definition) is 4. The number of benzene rings is 1. The lowest BCUT2D eigenvalue weighted by Gasteiger charge is -2.21. The van der Waals surface area contributed by atoms with E-state index in [-0.39, 0.29) is 0 Å². The molecular formula is C29H54N2O2. The Kier molecular flexibility index (Phi) is 17.2. The van der Waals surface area contributed by atoms with Crippen LogP contribution in [0.2, 0.25) is 0 Å². The maximum Gasteiger partial charge on any atom is 0.124 e. The molecular weight excluding hydrogens is 408 g/mol. The highest BCUT2D eigenvalue weighted by Gasteiger charge is 2.22. The molecule has 0 aromatic heterocycles. The normalized spacial score (nSPS) is 11.4. The lowest BCUT2D eigenvalue weighted by atomic mass is 9.90. The highest BCUT2D eigenvalue weighted by Crippen LogP contribution is 2.39. The average molecular weight is 463 g/mol. The van der Waals surface area contributed by atoms with Crippen molar-refractivity contribution in [1.29, 1.82) is 0 Å². The molecule has 0 unspecified atom stereocenters. The molecule has 1 rings (SSSR count). The van der Waals surface area contributed by atoms with Crippen molar-refractivity contribution in [2.24, 2.45) is 0 Å². The molecule has 0 heterocycles. The molecule has 1 aromatic rings. The van der Waals surface area contributed by atoms with E-state index < -0.39 is 0 Å². The molecule has 33 heavy (non-hydrogen) atoms. The molecule has 4 N–H and O–H groups in total. The predicted octanol–water partition coefficient (Wildman–Crippen LogP) is 7.51. The Morgan fingerprint density at radius 2 is 0.818 bits per heavy atom. The van der Waals surface area contributed by atoms with Gasteiger partial charge in [-0.1, -0.05) is 104 Å². The molecule has 4 heteroatoms. The summed E-state index contributed by atoms with van der Waals surface area (Å²) in [6.45, 7) is 5.56. The fraction of sp³-hybridized carbons (Fsp3) is 0.793. The van der Waals surface area contributed by atoms with Gasteiger partial charge in [0.15, 0.2) is 0 Å². The second-order valence-corrected chi connectivity index (χ2v) is 9.77. The van der Waals surface area contributed by atoms with Crippen molar-refractivity contribution in [1.82, 2.24) is 10.6 Å². The van der Waals surface area contributed by atoms with Crippen molar-refractivity contribution < 1.29 is 10.2 Å². The molecule has 0 bridgehead atoms. The summed E-state index contributed by atoms with van der Waals surface area (Å²) in [5.74, 6) is 0.778. The summed E-state index contributed by atoms with van der Waals surface area (Å²) in [6.07, 6.45) is 21.4. The van der Waals surface area contributed by atoms with Crippen molar-refractivity contribution in [3.63, 3.8) is 0 Å². The largest absolute Gasteiger partial charge is 0.507 e. The van der Waals surface area contributed by atoms with Crippen LogP contribution in [0, 0.1) is 0 Å². The fourth-order valence-electron chi connectivity index (χ4n) is 4.96. The van der Waals surface area contributed by atoms with Crippen LogP contribution in [0.5, 0.6) is 11.5 Å². The first-order chi connectivity index (χ1) is 16.1. The summed E-state index contributed by atoms with van der Waals surface area (Å²) in [4.78, 5) is 0. The predicted molar refractivity (Wildman–Crippen MR) is 143 cm³/mol. The first-order valence-electron chi connectivity index (χ1n) is 14.0. The van der Waals surface area contributed by atoms with Gasteiger partial charge in [-0.05, 0) is 33.4 Å². The summed E-state index contributed by atoms with van der Waals surface area (Å²) in [6, 6.07) is 0. The van der Waals surface area contributed by atoms with E-state index >= 15 is 0 Å². The SMILES string of the molecule is CCCCCCCCCCCCCCCCc1c(O)c(CNC)c(CCC)c(O)c1CNC. The number of nitrogens with one attached hydrogen (secondary N) is 2. The van der Waals surface area contributed by atoms with Gasteiger partial charge in [-0.25, -0.2) is 0 Å². The quantitative estimate of drug-likeness (QED) is 0.113. The molecule has 0 amide bonds. The van der Waals surface area contributed by atoms with Crippen LogP contribution in [0.4, 0.5) is 0 Å². The lowest BCUT2D eigenvalue weighted by Crippen LogP contribution is -2.14. The number of phenols is 2. The third-order valence-electron chi connectivity index (χ3n) is 6.86. The topological polar surface area (TPSA) is 64.5 Å². The molecule has 0 radical (unpaired) electrons. The zero-order valence-corrected chi connectivity index (χ0v) is 22.3. The van der Waals surface area contributed by atoms with Gasteiger partial charge in [-0.2, -0.15) is 0 Å². The maximum absolute atomic E-state index is 11.1. The standard InChI is InChI=1S/C29H54N2O2/c1-5-7-8-9-10-11-12-13-14-15-16-17-18-19-21-25-27(23-31-4)28(32)24(20-6-2)26(22-30-3)29(25)33/h30-33H,5-23H2,1-4H3. The highest BCUT2D eigenvalue weighted by molar-refractivity contribution is 5.58. The van der Waals surface area contributed by atoms with E-state index in [0.29, 0.717) is 24.6 Å². The molecule has 192 valence electrons. The fourth-order valence-corrected chi connectivity index (χ4v) is 4.96. The second-order valence-electron chi connectivity index (χ2n) is 9.77. The van der Waals surface area contributed by atoms with Crippen LogP contribution in [0.3, 0.4) is 0 Å².